The first-order valence-electron chi connectivity index (χ1n) is 11.1. The predicted molar refractivity (Wildman–Crippen MR) is 126 cm³/mol. The summed E-state index contributed by atoms with van der Waals surface area (Å²) in [6.07, 6.45) is 0.762. The monoisotopic (exact) mass is 462 g/mol. The van der Waals surface area contributed by atoms with Crippen LogP contribution in [0.1, 0.15) is 47.9 Å². The number of carboxylic acids is 1. The molecule has 1 aliphatic carbocycles. The number of furan rings is 1. The number of carbonyl (C=O) groups excluding carboxylic acids is 2. The van der Waals surface area contributed by atoms with E-state index in [-0.39, 0.29) is 36.3 Å². The van der Waals surface area contributed by atoms with Gasteiger partial charge in [0.25, 0.3) is 5.91 Å². The second-order valence-corrected chi connectivity index (χ2v) is 8.61. The lowest BCUT2D eigenvalue weighted by atomic mass is 9.98. The SMILES string of the molecule is CC(C)CC(NC(=O)c1occc1NC(=O)OCC1c2ccccc2-c2ccccc21)C(=O)O. The Morgan fingerprint density at radius 1 is 1.00 bits per heavy atom. The molecule has 0 saturated carbocycles. The number of anilines is 1. The molecule has 0 spiro atoms. The van der Waals surface area contributed by atoms with Gasteiger partial charge in [0.1, 0.15) is 12.6 Å². The summed E-state index contributed by atoms with van der Waals surface area (Å²) in [5.74, 6) is -2.09. The Kier molecular flexibility index (Phi) is 6.67. The third-order valence-corrected chi connectivity index (χ3v) is 5.76. The predicted octanol–water partition coefficient (Wildman–Crippen LogP) is 4.87. The summed E-state index contributed by atoms with van der Waals surface area (Å²) in [4.78, 5) is 36.6. The Morgan fingerprint density at radius 3 is 2.21 bits per heavy atom. The summed E-state index contributed by atoms with van der Waals surface area (Å²) in [6.45, 7) is 3.84. The van der Waals surface area contributed by atoms with Gasteiger partial charge >= 0.3 is 12.1 Å². The van der Waals surface area contributed by atoms with Crippen molar-refractivity contribution in [2.45, 2.75) is 32.2 Å². The van der Waals surface area contributed by atoms with Crippen molar-refractivity contribution in [3.63, 3.8) is 0 Å². The molecule has 0 bridgehead atoms. The second-order valence-electron chi connectivity index (χ2n) is 8.61. The number of hydrogen-bond acceptors (Lipinski definition) is 5. The molecular weight excluding hydrogens is 436 g/mol. The first kappa shape index (κ1) is 23.1. The Balaban J connectivity index is 1.41. The number of ether oxygens (including phenoxy) is 1. The van der Waals surface area contributed by atoms with Crippen molar-refractivity contribution in [3.8, 4) is 11.1 Å². The number of carboxylic acid groups (broad SMARTS) is 1. The minimum atomic E-state index is -1.14. The van der Waals surface area contributed by atoms with E-state index in [0.717, 1.165) is 22.3 Å². The van der Waals surface area contributed by atoms with Crippen LogP contribution in [-0.2, 0) is 9.53 Å². The van der Waals surface area contributed by atoms with Crippen molar-refractivity contribution in [2.75, 3.05) is 11.9 Å². The lowest BCUT2D eigenvalue weighted by Crippen LogP contribution is -2.41. The van der Waals surface area contributed by atoms with Crippen LogP contribution in [0.2, 0.25) is 0 Å². The number of nitrogens with one attached hydrogen (secondary N) is 2. The third kappa shape index (κ3) is 4.80. The van der Waals surface area contributed by atoms with Gasteiger partial charge in [-0.25, -0.2) is 9.59 Å². The summed E-state index contributed by atoms with van der Waals surface area (Å²) in [7, 11) is 0. The highest BCUT2D eigenvalue weighted by molar-refractivity contribution is 6.01. The number of aliphatic carboxylic acids is 1. The van der Waals surface area contributed by atoms with Gasteiger partial charge < -0.3 is 19.6 Å². The van der Waals surface area contributed by atoms with E-state index >= 15 is 0 Å². The van der Waals surface area contributed by atoms with E-state index in [9.17, 15) is 19.5 Å². The molecule has 3 N–H and O–H groups in total. The van der Waals surface area contributed by atoms with Crippen LogP contribution >= 0.6 is 0 Å². The molecule has 1 aromatic heterocycles. The van der Waals surface area contributed by atoms with E-state index in [1.54, 1.807) is 0 Å². The number of carbonyl (C=O) groups is 3. The maximum atomic E-state index is 12.6. The number of rotatable bonds is 8. The normalized spacial score (nSPS) is 13.1. The maximum absolute atomic E-state index is 12.6. The highest BCUT2D eigenvalue weighted by atomic mass is 16.5. The molecular formula is C26H26N2O6. The molecule has 3 aromatic rings. The number of fused-ring (bicyclic) bond motifs is 3. The first-order valence-corrected chi connectivity index (χ1v) is 11.1. The van der Waals surface area contributed by atoms with Crippen molar-refractivity contribution in [1.29, 1.82) is 0 Å². The zero-order valence-corrected chi connectivity index (χ0v) is 18.9. The molecule has 0 saturated heterocycles. The molecule has 1 heterocycles. The third-order valence-electron chi connectivity index (χ3n) is 5.76. The van der Waals surface area contributed by atoms with Crippen LogP contribution in [0.4, 0.5) is 10.5 Å². The van der Waals surface area contributed by atoms with E-state index in [4.69, 9.17) is 9.15 Å². The van der Waals surface area contributed by atoms with Crippen molar-refractivity contribution in [2.24, 2.45) is 5.92 Å². The van der Waals surface area contributed by atoms with Crippen LogP contribution < -0.4 is 10.6 Å². The average molecular weight is 463 g/mol. The molecule has 34 heavy (non-hydrogen) atoms. The molecule has 8 heteroatoms. The van der Waals surface area contributed by atoms with Gasteiger partial charge in [-0.15, -0.1) is 0 Å². The lowest BCUT2D eigenvalue weighted by molar-refractivity contribution is -0.139. The Bertz CT molecular complexity index is 1170. The quantitative estimate of drug-likeness (QED) is 0.440. The van der Waals surface area contributed by atoms with Gasteiger partial charge in [-0.1, -0.05) is 62.4 Å². The van der Waals surface area contributed by atoms with Crippen LogP contribution in [0.25, 0.3) is 11.1 Å². The fraction of sp³-hybridized carbons (Fsp3) is 0.269. The van der Waals surface area contributed by atoms with Gasteiger partial charge in [-0.05, 0) is 34.6 Å². The fourth-order valence-electron chi connectivity index (χ4n) is 4.24. The minimum absolute atomic E-state index is 0.0661. The Morgan fingerprint density at radius 2 is 1.62 bits per heavy atom. The van der Waals surface area contributed by atoms with E-state index in [1.165, 1.54) is 12.3 Å². The van der Waals surface area contributed by atoms with E-state index < -0.39 is 24.0 Å². The highest BCUT2D eigenvalue weighted by Gasteiger charge is 2.30. The molecule has 1 atom stereocenters. The minimum Gasteiger partial charge on any atom is -0.480 e. The molecule has 176 valence electrons. The van der Waals surface area contributed by atoms with Crippen LogP contribution in [0.5, 0.6) is 0 Å². The van der Waals surface area contributed by atoms with Gasteiger partial charge in [0, 0.05) is 12.0 Å². The van der Waals surface area contributed by atoms with Gasteiger partial charge in [-0.3, -0.25) is 10.1 Å². The van der Waals surface area contributed by atoms with Crippen molar-refractivity contribution in [1.82, 2.24) is 5.32 Å². The molecule has 2 amide bonds. The first-order chi connectivity index (χ1) is 16.3. The molecule has 1 unspecified atom stereocenters. The van der Waals surface area contributed by atoms with Crippen molar-refractivity contribution < 1.29 is 28.6 Å². The van der Waals surface area contributed by atoms with Crippen LogP contribution in [0.3, 0.4) is 0 Å². The van der Waals surface area contributed by atoms with E-state index in [1.807, 2.05) is 62.4 Å². The number of benzene rings is 2. The van der Waals surface area contributed by atoms with E-state index in [0.29, 0.717) is 0 Å². The second kappa shape index (κ2) is 9.82. The number of hydrogen-bond donors (Lipinski definition) is 3. The standard InChI is InChI=1S/C26H26N2O6/c1-15(2)13-22(25(30)31)27-24(29)23-21(11-12-33-23)28-26(32)34-14-20-18-9-5-3-7-16(18)17-8-4-6-10-19(17)20/h3-12,15,20,22H,13-14H2,1-2H3,(H,27,29)(H,28,32)(H,30,31). The summed E-state index contributed by atoms with van der Waals surface area (Å²) < 4.78 is 10.7. The summed E-state index contributed by atoms with van der Waals surface area (Å²) >= 11 is 0. The van der Waals surface area contributed by atoms with Crippen LogP contribution in [-0.4, -0.2) is 35.7 Å². The fourth-order valence-corrected chi connectivity index (χ4v) is 4.24. The van der Waals surface area contributed by atoms with Crippen molar-refractivity contribution >= 4 is 23.7 Å². The lowest BCUT2D eigenvalue weighted by Gasteiger charge is -2.16. The van der Waals surface area contributed by atoms with Gasteiger partial charge in [0.2, 0.25) is 5.76 Å². The van der Waals surface area contributed by atoms with Gasteiger partial charge in [0.05, 0.1) is 12.0 Å². The molecule has 1 aliphatic rings. The maximum Gasteiger partial charge on any atom is 0.411 e. The molecule has 4 rings (SSSR count). The molecule has 0 radical (unpaired) electrons. The molecule has 2 aromatic carbocycles. The highest BCUT2D eigenvalue weighted by Crippen LogP contribution is 2.44. The molecule has 0 fully saturated rings. The largest absolute Gasteiger partial charge is 0.480 e. The zero-order chi connectivity index (χ0) is 24.2. The molecule has 0 aliphatic heterocycles. The molecule has 8 nitrogen and oxygen atoms in total. The topological polar surface area (TPSA) is 118 Å². The van der Waals surface area contributed by atoms with Gasteiger partial charge in [0.15, 0.2) is 0 Å². The van der Waals surface area contributed by atoms with Gasteiger partial charge in [-0.2, -0.15) is 0 Å². The summed E-state index contributed by atoms with van der Waals surface area (Å²) in [5, 5.41) is 14.3. The summed E-state index contributed by atoms with van der Waals surface area (Å²) in [5.41, 5.74) is 4.52. The van der Waals surface area contributed by atoms with Crippen LogP contribution in [0, 0.1) is 5.92 Å². The Hall–Kier alpha value is -4.07. The average Bonchev–Trinajstić information content (AvgIpc) is 3.39. The van der Waals surface area contributed by atoms with Crippen molar-refractivity contribution in [3.05, 3.63) is 77.7 Å². The summed E-state index contributed by atoms with van der Waals surface area (Å²) in [6, 6.07) is 16.4. The Labute approximate surface area is 196 Å². The smallest absolute Gasteiger partial charge is 0.411 e. The number of amides is 2. The zero-order valence-electron chi connectivity index (χ0n) is 18.9. The van der Waals surface area contributed by atoms with E-state index in [2.05, 4.69) is 10.6 Å². The van der Waals surface area contributed by atoms with Crippen LogP contribution in [0.15, 0.2) is 65.3 Å².